The van der Waals surface area contributed by atoms with Gasteiger partial charge in [0, 0.05) is 17.3 Å². The van der Waals surface area contributed by atoms with Gasteiger partial charge in [0.1, 0.15) is 11.8 Å². The zero-order chi connectivity index (χ0) is 18.9. The highest BCUT2D eigenvalue weighted by Crippen LogP contribution is 2.23. The lowest BCUT2D eigenvalue weighted by atomic mass is 10.2. The van der Waals surface area contributed by atoms with E-state index < -0.39 is 16.1 Å². The molecule has 1 unspecified atom stereocenters. The second-order valence-corrected chi connectivity index (χ2v) is 8.34. The second-order valence-electron chi connectivity index (χ2n) is 6.16. The predicted octanol–water partition coefficient (Wildman–Crippen LogP) is 3.62. The predicted molar refractivity (Wildman–Crippen MR) is 99.9 cm³/mol. The maximum absolute atomic E-state index is 12.8. The molecule has 0 aliphatic carbocycles. The van der Waals surface area contributed by atoms with Crippen molar-refractivity contribution in [3.05, 3.63) is 70.4 Å². The lowest BCUT2D eigenvalue weighted by Crippen LogP contribution is -2.32. The first-order chi connectivity index (χ1) is 12.3. The maximum Gasteiger partial charge on any atom is 0.240 e. The van der Waals surface area contributed by atoms with E-state index in [1.165, 1.54) is 6.07 Å². The fourth-order valence-corrected chi connectivity index (χ4v) is 4.42. The molecule has 0 radical (unpaired) electrons. The SMILES string of the molecule is Cc1cc(C)n(C(CNS(=O)(=O)c2cc(Cl)ccc2C)c2ccco2)n1. The summed E-state index contributed by atoms with van der Waals surface area (Å²) in [6, 6.07) is 9.91. The first-order valence-electron chi connectivity index (χ1n) is 8.10. The third-order valence-corrected chi connectivity index (χ3v) is 5.92. The number of furan rings is 1. The van der Waals surface area contributed by atoms with Gasteiger partial charge in [0.15, 0.2) is 0 Å². The number of aromatic nitrogens is 2. The number of nitrogens with zero attached hydrogens (tertiary/aromatic N) is 2. The molecule has 3 aromatic rings. The molecule has 2 heterocycles. The van der Waals surface area contributed by atoms with Crippen LogP contribution in [-0.4, -0.2) is 24.7 Å². The number of aryl methyl sites for hydroxylation is 3. The summed E-state index contributed by atoms with van der Waals surface area (Å²) in [5, 5.41) is 4.84. The molecule has 1 N–H and O–H groups in total. The van der Waals surface area contributed by atoms with E-state index in [0.717, 1.165) is 11.4 Å². The van der Waals surface area contributed by atoms with Crippen LogP contribution in [0.1, 0.15) is 28.8 Å². The molecule has 2 aromatic heterocycles. The number of sulfonamides is 1. The fraction of sp³-hybridized carbons (Fsp3) is 0.278. The summed E-state index contributed by atoms with van der Waals surface area (Å²) in [5.41, 5.74) is 2.40. The smallest absolute Gasteiger partial charge is 0.240 e. The highest BCUT2D eigenvalue weighted by molar-refractivity contribution is 7.89. The van der Waals surface area contributed by atoms with Crippen LogP contribution in [0.3, 0.4) is 0 Å². The Labute approximate surface area is 157 Å². The average Bonchev–Trinajstić information content (AvgIpc) is 3.20. The Kier molecular flexibility index (Phi) is 5.22. The molecule has 26 heavy (non-hydrogen) atoms. The van der Waals surface area contributed by atoms with E-state index in [4.69, 9.17) is 16.0 Å². The Morgan fingerprint density at radius 1 is 1.23 bits per heavy atom. The van der Waals surface area contributed by atoms with Crippen molar-refractivity contribution >= 4 is 21.6 Å². The van der Waals surface area contributed by atoms with Crippen molar-refractivity contribution in [2.24, 2.45) is 0 Å². The van der Waals surface area contributed by atoms with E-state index in [-0.39, 0.29) is 11.4 Å². The molecule has 0 fully saturated rings. The number of hydrogen-bond acceptors (Lipinski definition) is 4. The van der Waals surface area contributed by atoms with Gasteiger partial charge in [0.2, 0.25) is 10.0 Å². The number of rotatable bonds is 6. The van der Waals surface area contributed by atoms with Gasteiger partial charge in [-0.3, -0.25) is 4.68 Å². The molecule has 6 nitrogen and oxygen atoms in total. The molecule has 0 spiro atoms. The lowest BCUT2D eigenvalue weighted by molar-refractivity contribution is 0.397. The summed E-state index contributed by atoms with van der Waals surface area (Å²) in [4.78, 5) is 0.163. The molecule has 8 heteroatoms. The van der Waals surface area contributed by atoms with Crippen LogP contribution in [0.25, 0.3) is 0 Å². The number of nitrogens with one attached hydrogen (secondary N) is 1. The van der Waals surface area contributed by atoms with E-state index in [0.29, 0.717) is 16.3 Å². The van der Waals surface area contributed by atoms with Crippen LogP contribution in [0.5, 0.6) is 0 Å². The Balaban J connectivity index is 1.91. The molecule has 138 valence electrons. The van der Waals surface area contributed by atoms with Gasteiger partial charge in [-0.25, -0.2) is 13.1 Å². The average molecular weight is 394 g/mol. The Morgan fingerprint density at radius 3 is 2.62 bits per heavy atom. The summed E-state index contributed by atoms with van der Waals surface area (Å²) >= 11 is 5.96. The largest absolute Gasteiger partial charge is 0.467 e. The summed E-state index contributed by atoms with van der Waals surface area (Å²) in [6.07, 6.45) is 1.56. The van der Waals surface area contributed by atoms with Crippen LogP contribution >= 0.6 is 11.6 Å². The molecule has 0 amide bonds. The van der Waals surface area contributed by atoms with Crippen LogP contribution in [-0.2, 0) is 10.0 Å². The van der Waals surface area contributed by atoms with Gasteiger partial charge in [-0.2, -0.15) is 5.10 Å². The zero-order valence-corrected chi connectivity index (χ0v) is 16.3. The molecule has 3 rings (SSSR count). The Hall–Kier alpha value is -2.09. The van der Waals surface area contributed by atoms with E-state index >= 15 is 0 Å². The highest BCUT2D eigenvalue weighted by atomic mass is 35.5. The minimum Gasteiger partial charge on any atom is -0.467 e. The van der Waals surface area contributed by atoms with Gasteiger partial charge in [-0.05, 0) is 56.7 Å². The van der Waals surface area contributed by atoms with Crippen LogP contribution in [0.4, 0.5) is 0 Å². The van der Waals surface area contributed by atoms with Crippen molar-refractivity contribution in [3.63, 3.8) is 0 Å². The van der Waals surface area contributed by atoms with Gasteiger partial charge in [-0.15, -0.1) is 0 Å². The number of hydrogen-bond donors (Lipinski definition) is 1. The molecular formula is C18H20ClN3O3S. The van der Waals surface area contributed by atoms with Crippen molar-refractivity contribution in [2.75, 3.05) is 6.54 Å². The molecule has 0 aliphatic rings. The quantitative estimate of drug-likeness (QED) is 0.693. The Morgan fingerprint density at radius 2 is 2.00 bits per heavy atom. The first kappa shape index (κ1) is 18.7. The van der Waals surface area contributed by atoms with E-state index in [2.05, 4.69) is 9.82 Å². The molecular weight excluding hydrogens is 374 g/mol. The monoisotopic (exact) mass is 393 g/mol. The molecule has 1 aromatic carbocycles. The fourth-order valence-electron chi connectivity index (χ4n) is 2.88. The van der Waals surface area contributed by atoms with Gasteiger partial charge >= 0.3 is 0 Å². The van der Waals surface area contributed by atoms with Crippen molar-refractivity contribution in [2.45, 2.75) is 31.7 Å². The highest BCUT2D eigenvalue weighted by Gasteiger charge is 2.24. The third-order valence-electron chi connectivity index (χ3n) is 4.12. The van der Waals surface area contributed by atoms with E-state index in [1.807, 2.05) is 19.9 Å². The second kappa shape index (κ2) is 7.26. The molecule has 0 saturated heterocycles. The lowest BCUT2D eigenvalue weighted by Gasteiger charge is -2.18. The summed E-state index contributed by atoms with van der Waals surface area (Å²) < 4.78 is 35.5. The van der Waals surface area contributed by atoms with Crippen molar-refractivity contribution in [3.8, 4) is 0 Å². The number of benzene rings is 1. The maximum atomic E-state index is 12.8. The molecule has 1 atom stereocenters. The topological polar surface area (TPSA) is 77.1 Å². The van der Waals surface area contributed by atoms with Crippen molar-refractivity contribution in [1.82, 2.24) is 14.5 Å². The van der Waals surface area contributed by atoms with Crippen LogP contribution in [0.2, 0.25) is 5.02 Å². The summed E-state index contributed by atoms with van der Waals surface area (Å²) in [5.74, 6) is 0.627. The number of halogens is 1. The van der Waals surface area contributed by atoms with Crippen LogP contribution < -0.4 is 4.72 Å². The molecule has 0 aliphatic heterocycles. The zero-order valence-electron chi connectivity index (χ0n) is 14.7. The molecule has 0 bridgehead atoms. The van der Waals surface area contributed by atoms with E-state index in [9.17, 15) is 8.42 Å². The first-order valence-corrected chi connectivity index (χ1v) is 9.96. The summed E-state index contributed by atoms with van der Waals surface area (Å²) in [6.45, 7) is 5.65. The van der Waals surface area contributed by atoms with Gasteiger partial charge in [0.05, 0.1) is 16.9 Å². The summed E-state index contributed by atoms with van der Waals surface area (Å²) in [7, 11) is -3.73. The van der Waals surface area contributed by atoms with Gasteiger partial charge in [-0.1, -0.05) is 17.7 Å². The standard InChI is InChI=1S/C18H20ClN3O3S/c1-12-6-7-15(19)10-18(12)26(23,24)20-11-16(17-5-4-8-25-17)22-14(3)9-13(2)21-22/h4-10,16,20H,11H2,1-3H3. The third kappa shape index (κ3) is 3.85. The van der Waals surface area contributed by atoms with Crippen LogP contribution in [0, 0.1) is 20.8 Å². The van der Waals surface area contributed by atoms with Crippen LogP contribution in [0.15, 0.2) is 52.0 Å². The van der Waals surface area contributed by atoms with Crippen molar-refractivity contribution < 1.29 is 12.8 Å². The van der Waals surface area contributed by atoms with Gasteiger partial charge in [0.25, 0.3) is 0 Å². The van der Waals surface area contributed by atoms with Gasteiger partial charge < -0.3 is 4.42 Å². The van der Waals surface area contributed by atoms with E-state index in [1.54, 1.807) is 42.1 Å². The minimum atomic E-state index is -3.73. The normalized spacial score (nSPS) is 13.1. The minimum absolute atomic E-state index is 0.101. The van der Waals surface area contributed by atoms with Crippen molar-refractivity contribution in [1.29, 1.82) is 0 Å². The molecule has 0 saturated carbocycles. The Bertz CT molecular complexity index is 1010.